The van der Waals surface area contributed by atoms with Crippen LogP contribution in [0.25, 0.3) is 0 Å². The third kappa shape index (κ3) is 1.84. The molecule has 4 heteroatoms. The maximum absolute atomic E-state index is 12.8. The van der Waals surface area contributed by atoms with Gasteiger partial charge in [0, 0.05) is 18.7 Å². The summed E-state index contributed by atoms with van der Waals surface area (Å²) in [5.41, 5.74) is 0.843. The lowest BCUT2D eigenvalue weighted by Gasteiger charge is -2.56. The van der Waals surface area contributed by atoms with Gasteiger partial charge in [-0.2, -0.15) is 0 Å². The quantitative estimate of drug-likeness (QED) is 0.835. The van der Waals surface area contributed by atoms with Crippen LogP contribution in [0.1, 0.15) is 44.2 Å². The summed E-state index contributed by atoms with van der Waals surface area (Å²) in [6.45, 7) is 0. The molecule has 4 aliphatic carbocycles. The third-order valence-corrected chi connectivity index (χ3v) is 5.62. The fourth-order valence-corrected chi connectivity index (χ4v) is 5.28. The van der Waals surface area contributed by atoms with Gasteiger partial charge >= 0.3 is 0 Å². The molecule has 0 saturated heterocycles. The molecule has 4 aliphatic rings. The minimum Gasteiger partial charge on any atom is -0.299 e. The molecule has 102 valence electrons. The van der Waals surface area contributed by atoms with E-state index in [4.69, 9.17) is 0 Å². The smallest absolute Gasteiger partial charge is 0.145 e. The summed E-state index contributed by atoms with van der Waals surface area (Å²) in [7, 11) is 1.85. The van der Waals surface area contributed by atoms with Gasteiger partial charge in [-0.3, -0.25) is 9.48 Å². The SMILES string of the molecule is Cn1cc(CC(=O)C23CC4CC(CC(C4)C2)C3)nn1. The number of nitrogens with zero attached hydrogens (tertiary/aromatic N) is 3. The molecule has 0 aromatic carbocycles. The Bertz CT molecular complexity index is 484. The summed E-state index contributed by atoms with van der Waals surface area (Å²) in [5.74, 6) is 2.93. The highest BCUT2D eigenvalue weighted by Crippen LogP contribution is 2.60. The molecule has 1 heterocycles. The first kappa shape index (κ1) is 11.6. The average Bonchev–Trinajstić information content (AvgIpc) is 2.73. The van der Waals surface area contributed by atoms with Gasteiger partial charge in [0.15, 0.2) is 0 Å². The van der Waals surface area contributed by atoms with Crippen molar-refractivity contribution in [2.24, 2.45) is 30.2 Å². The van der Waals surface area contributed by atoms with Crippen LogP contribution >= 0.6 is 0 Å². The van der Waals surface area contributed by atoms with E-state index in [1.807, 2.05) is 13.2 Å². The van der Waals surface area contributed by atoms with Crippen molar-refractivity contribution >= 4 is 5.78 Å². The van der Waals surface area contributed by atoms with Gasteiger partial charge in [0.05, 0.1) is 12.1 Å². The van der Waals surface area contributed by atoms with Crippen LogP contribution in [0.2, 0.25) is 0 Å². The van der Waals surface area contributed by atoms with Crippen LogP contribution in [0.4, 0.5) is 0 Å². The number of hydrogen-bond acceptors (Lipinski definition) is 3. The molecule has 0 amide bonds. The minimum absolute atomic E-state index is 0.00622. The van der Waals surface area contributed by atoms with Crippen LogP contribution in [0.5, 0.6) is 0 Å². The molecular weight excluding hydrogens is 238 g/mol. The molecule has 4 fully saturated rings. The topological polar surface area (TPSA) is 47.8 Å². The van der Waals surface area contributed by atoms with Crippen molar-refractivity contribution in [2.45, 2.75) is 44.9 Å². The van der Waals surface area contributed by atoms with Crippen LogP contribution in [-0.2, 0) is 18.3 Å². The van der Waals surface area contributed by atoms with Gasteiger partial charge in [0.1, 0.15) is 5.78 Å². The number of carbonyl (C=O) groups excluding carboxylic acids is 1. The lowest BCUT2D eigenvalue weighted by molar-refractivity contribution is -0.143. The number of aromatic nitrogens is 3. The van der Waals surface area contributed by atoms with E-state index in [-0.39, 0.29) is 5.41 Å². The first-order valence-corrected chi connectivity index (χ1v) is 7.51. The van der Waals surface area contributed by atoms with E-state index in [1.165, 1.54) is 19.3 Å². The second-order valence-corrected chi connectivity index (χ2v) is 7.18. The fraction of sp³-hybridized carbons (Fsp3) is 0.800. The van der Waals surface area contributed by atoms with Gasteiger partial charge in [-0.15, -0.1) is 5.10 Å². The molecule has 0 radical (unpaired) electrons. The first-order valence-electron chi connectivity index (χ1n) is 7.51. The Morgan fingerprint density at radius 1 is 1.26 bits per heavy atom. The van der Waals surface area contributed by atoms with Crippen molar-refractivity contribution in [3.8, 4) is 0 Å². The number of hydrogen-bond donors (Lipinski definition) is 0. The van der Waals surface area contributed by atoms with E-state index in [0.717, 1.165) is 42.7 Å². The second-order valence-electron chi connectivity index (χ2n) is 7.18. The zero-order valence-electron chi connectivity index (χ0n) is 11.5. The van der Waals surface area contributed by atoms with E-state index in [2.05, 4.69) is 10.3 Å². The van der Waals surface area contributed by atoms with E-state index in [0.29, 0.717) is 12.2 Å². The van der Waals surface area contributed by atoms with Crippen molar-refractivity contribution in [3.05, 3.63) is 11.9 Å². The number of ketones is 1. The van der Waals surface area contributed by atoms with Gasteiger partial charge < -0.3 is 0 Å². The summed E-state index contributed by atoms with van der Waals surface area (Å²) in [5, 5.41) is 8.01. The van der Waals surface area contributed by atoms with Crippen molar-refractivity contribution in [3.63, 3.8) is 0 Å². The summed E-state index contributed by atoms with van der Waals surface area (Å²) < 4.78 is 1.68. The standard InChI is InChI=1S/C15H21N3O/c1-18-9-13(16-17-18)5-14(19)15-6-10-2-11(7-15)4-12(3-10)8-15/h9-12H,2-8H2,1H3. The third-order valence-electron chi connectivity index (χ3n) is 5.62. The predicted molar refractivity (Wildman–Crippen MR) is 70.3 cm³/mol. The maximum atomic E-state index is 12.8. The Kier molecular flexibility index (Phi) is 2.39. The Labute approximate surface area is 113 Å². The zero-order chi connectivity index (χ0) is 13.0. The second kappa shape index (κ2) is 3.90. The molecule has 1 aromatic heterocycles. The Hall–Kier alpha value is -1.19. The average molecular weight is 259 g/mol. The lowest BCUT2D eigenvalue weighted by Crippen LogP contribution is -2.50. The van der Waals surface area contributed by atoms with Crippen LogP contribution in [0.15, 0.2) is 6.20 Å². The molecule has 5 rings (SSSR count). The monoisotopic (exact) mass is 259 g/mol. The van der Waals surface area contributed by atoms with Gasteiger partial charge in [-0.1, -0.05) is 5.21 Å². The van der Waals surface area contributed by atoms with Crippen LogP contribution in [-0.4, -0.2) is 20.8 Å². The van der Waals surface area contributed by atoms with Crippen LogP contribution in [0.3, 0.4) is 0 Å². The summed E-state index contributed by atoms with van der Waals surface area (Å²) in [6, 6.07) is 0. The summed E-state index contributed by atoms with van der Waals surface area (Å²) >= 11 is 0. The van der Waals surface area contributed by atoms with Crippen molar-refractivity contribution in [1.29, 1.82) is 0 Å². The van der Waals surface area contributed by atoms with Crippen LogP contribution in [0, 0.1) is 23.2 Å². The highest BCUT2D eigenvalue weighted by molar-refractivity contribution is 5.87. The van der Waals surface area contributed by atoms with E-state index in [1.54, 1.807) is 4.68 Å². The molecular formula is C15H21N3O. The molecule has 4 bridgehead atoms. The van der Waals surface area contributed by atoms with Gasteiger partial charge in [-0.05, 0) is 56.3 Å². The molecule has 0 unspecified atom stereocenters. The molecule has 19 heavy (non-hydrogen) atoms. The van der Waals surface area contributed by atoms with Gasteiger partial charge in [0.2, 0.25) is 0 Å². The lowest BCUT2D eigenvalue weighted by atomic mass is 9.48. The maximum Gasteiger partial charge on any atom is 0.145 e. The summed E-state index contributed by atoms with van der Waals surface area (Å²) in [4.78, 5) is 12.8. The largest absolute Gasteiger partial charge is 0.299 e. The molecule has 4 nitrogen and oxygen atoms in total. The molecule has 0 aliphatic heterocycles. The van der Waals surface area contributed by atoms with E-state index >= 15 is 0 Å². The molecule has 0 atom stereocenters. The van der Waals surface area contributed by atoms with Crippen LogP contribution < -0.4 is 0 Å². The minimum atomic E-state index is 0.00622. The molecule has 0 N–H and O–H groups in total. The molecule has 1 aromatic rings. The number of aryl methyl sites for hydroxylation is 1. The van der Waals surface area contributed by atoms with Gasteiger partial charge in [-0.25, -0.2) is 0 Å². The van der Waals surface area contributed by atoms with E-state index in [9.17, 15) is 4.79 Å². The Balaban J connectivity index is 1.56. The normalized spacial score (nSPS) is 39.7. The molecule has 4 saturated carbocycles. The number of rotatable bonds is 3. The fourth-order valence-electron chi connectivity index (χ4n) is 5.28. The molecule has 0 spiro atoms. The number of carbonyl (C=O) groups is 1. The Morgan fingerprint density at radius 3 is 2.32 bits per heavy atom. The highest BCUT2D eigenvalue weighted by atomic mass is 16.1. The van der Waals surface area contributed by atoms with Gasteiger partial charge in [0.25, 0.3) is 0 Å². The van der Waals surface area contributed by atoms with Crippen molar-refractivity contribution in [2.75, 3.05) is 0 Å². The highest BCUT2D eigenvalue weighted by Gasteiger charge is 2.54. The summed E-state index contributed by atoms with van der Waals surface area (Å²) in [6.07, 6.45) is 9.97. The zero-order valence-corrected chi connectivity index (χ0v) is 11.5. The van der Waals surface area contributed by atoms with E-state index < -0.39 is 0 Å². The Morgan fingerprint density at radius 2 is 1.84 bits per heavy atom. The van der Waals surface area contributed by atoms with Crippen molar-refractivity contribution in [1.82, 2.24) is 15.0 Å². The predicted octanol–water partition coefficient (Wildman–Crippen LogP) is 2.14. The number of Topliss-reactive ketones (excluding diaryl/α,β-unsaturated/α-hetero) is 1. The first-order chi connectivity index (χ1) is 9.13. The van der Waals surface area contributed by atoms with Crippen molar-refractivity contribution < 1.29 is 4.79 Å².